The highest BCUT2D eigenvalue weighted by Gasteiger charge is 2.21. The van der Waals surface area contributed by atoms with Gasteiger partial charge in [-0.3, -0.25) is 4.79 Å². The number of nitrogens with zero attached hydrogens (tertiary/aromatic N) is 1. The average Bonchev–Trinajstić information content (AvgIpc) is 2.49. The molecule has 2 N–H and O–H groups in total. The van der Waals surface area contributed by atoms with Crippen molar-refractivity contribution in [2.75, 3.05) is 10.6 Å². The van der Waals surface area contributed by atoms with Gasteiger partial charge in [-0.15, -0.1) is 0 Å². The standard InChI is InChI=1S/C16H16F3N3O/c1-16(2,3)15(23)22-12-7-4-9(8-20-12)21-11-6-5-10(17)13(18)14(11)19/h4-8,21H,1-3H3,(H,20,22,23). The zero-order chi connectivity index (χ0) is 17.2. The van der Waals surface area contributed by atoms with Crippen LogP contribution in [0.2, 0.25) is 0 Å². The lowest BCUT2D eigenvalue weighted by Gasteiger charge is -2.17. The zero-order valence-corrected chi connectivity index (χ0v) is 12.9. The summed E-state index contributed by atoms with van der Waals surface area (Å²) in [6.45, 7) is 5.30. The number of pyridine rings is 1. The molecule has 2 rings (SSSR count). The second-order valence-corrected chi connectivity index (χ2v) is 5.98. The highest BCUT2D eigenvalue weighted by Crippen LogP contribution is 2.24. The lowest BCUT2D eigenvalue weighted by atomic mass is 9.96. The Morgan fingerprint density at radius 2 is 1.74 bits per heavy atom. The van der Waals surface area contributed by atoms with Crippen LogP contribution in [0.25, 0.3) is 0 Å². The van der Waals surface area contributed by atoms with E-state index >= 15 is 0 Å². The maximum absolute atomic E-state index is 13.6. The Labute approximate surface area is 131 Å². The molecule has 1 aromatic carbocycles. The van der Waals surface area contributed by atoms with Crippen molar-refractivity contribution in [2.24, 2.45) is 5.41 Å². The van der Waals surface area contributed by atoms with Crippen molar-refractivity contribution in [3.8, 4) is 0 Å². The molecule has 0 aliphatic carbocycles. The number of amides is 1. The first-order valence-electron chi connectivity index (χ1n) is 6.86. The van der Waals surface area contributed by atoms with Crippen molar-refractivity contribution >= 4 is 23.1 Å². The summed E-state index contributed by atoms with van der Waals surface area (Å²) < 4.78 is 39.6. The van der Waals surface area contributed by atoms with Crippen LogP contribution in [0.3, 0.4) is 0 Å². The molecule has 1 aromatic heterocycles. The van der Waals surface area contributed by atoms with E-state index in [1.165, 1.54) is 18.3 Å². The fourth-order valence-corrected chi connectivity index (χ4v) is 1.62. The Bertz CT molecular complexity index is 725. The molecule has 2 aromatic rings. The first-order chi connectivity index (χ1) is 10.7. The molecule has 0 fully saturated rings. The SMILES string of the molecule is CC(C)(C)C(=O)Nc1ccc(Nc2ccc(F)c(F)c2F)cn1. The minimum atomic E-state index is -1.54. The molecule has 23 heavy (non-hydrogen) atoms. The maximum Gasteiger partial charge on any atom is 0.230 e. The largest absolute Gasteiger partial charge is 0.352 e. The molecule has 0 radical (unpaired) electrons. The smallest absolute Gasteiger partial charge is 0.230 e. The summed E-state index contributed by atoms with van der Waals surface area (Å²) >= 11 is 0. The molecule has 0 saturated carbocycles. The Balaban J connectivity index is 2.12. The third-order valence-electron chi connectivity index (χ3n) is 3.00. The van der Waals surface area contributed by atoms with Gasteiger partial charge in [0, 0.05) is 5.41 Å². The number of aromatic nitrogens is 1. The second kappa shape index (κ2) is 6.28. The molecule has 0 aliphatic rings. The molecule has 0 saturated heterocycles. The van der Waals surface area contributed by atoms with Gasteiger partial charge in [0.05, 0.1) is 17.6 Å². The van der Waals surface area contributed by atoms with E-state index in [0.717, 1.165) is 12.1 Å². The van der Waals surface area contributed by atoms with Gasteiger partial charge in [-0.2, -0.15) is 0 Å². The van der Waals surface area contributed by atoms with Crippen LogP contribution in [0.1, 0.15) is 20.8 Å². The first kappa shape index (κ1) is 16.8. The fraction of sp³-hybridized carbons (Fsp3) is 0.250. The predicted octanol–water partition coefficient (Wildman–Crippen LogP) is 4.23. The topological polar surface area (TPSA) is 54.0 Å². The lowest BCUT2D eigenvalue weighted by molar-refractivity contribution is -0.123. The van der Waals surface area contributed by atoms with Crippen molar-refractivity contribution in [3.63, 3.8) is 0 Å². The number of nitrogens with one attached hydrogen (secondary N) is 2. The minimum Gasteiger partial charge on any atom is -0.352 e. The summed E-state index contributed by atoms with van der Waals surface area (Å²) in [6.07, 6.45) is 1.35. The van der Waals surface area contributed by atoms with E-state index in [0.29, 0.717) is 11.5 Å². The summed E-state index contributed by atoms with van der Waals surface area (Å²) in [5.74, 6) is -3.97. The highest BCUT2D eigenvalue weighted by molar-refractivity contribution is 5.93. The van der Waals surface area contributed by atoms with Gasteiger partial charge in [0.15, 0.2) is 17.5 Å². The van der Waals surface area contributed by atoms with Crippen molar-refractivity contribution in [2.45, 2.75) is 20.8 Å². The number of benzene rings is 1. The molecule has 1 amide bonds. The molecule has 4 nitrogen and oxygen atoms in total. The molecule has 7 heteroatoms. The summed E-state index contributed by atoms with van der Waals surface area (Å²) in [5.41, 5.74) is -0.409. The van der Waals surface area contributed by atoms with E-state index in [1.807, 2.05) is 0 Å². The number of carbonyl (C=O) groups is 1. The van der Waals surface area contributed by atoms with Gasteiger partial charge >= 0.3 is 0 Å². The molecule has 0 atom stereocenters. The van der Waals surface area contributed by atoms with Crippen LogP contribution in [-0.2, 0) is 4.79 Å². The van der Waals surface area contributed by atoms with E-state index in [4.69, 9.17) is 0 Å². The van der Waals surface area contributed by atoms with Gasteiger partial charge in [-0.05, 0) is 24.3 Å². The van der Waals surface area contributed by atoms with Crippen LogP contribution in [0.15, 0.2) is 30.5 Å². The second-order valence-electron chi connectivity index (χ2n) is 5.98. The van der Waals surface area contributed by atoms with Crippen molar-refractivity contribution in [1.29, 1.82) is 0 Å². The minimum absolute atomic E-state index is 0.197. The van der Waals surface area contributed by atoms with Crippen LogP contribution in [-0.4, -0.2) is 10.9 Å². The number of halogens is 3. The normalized spacial score (nSPS) is 11.2. The highest BCUT2D eigenvalue weighted by atomic mass is 19.2. The molecule has 0 aliphatic heterocycles. The molecular formula is C16H16F3N3O. The van der Waals surface area contributed by atoms with Crippen molar-refractivity contribution in [1.82, 2.24) is 4.98 Å². The molecule has 1 heterocycles. The van der Waals surface area contributed by atoms with E-state index in [2.05, 4.69) is 15.6 Å². The van der Waals surface area contributed by atoms with Crippen LogP contribution in [0.5, 0.6) is 0 Å². The first-order valence-corrected chi connectivity index (χ1v) is 6.86. The Hall–Kier alpha value is -2.57. The summed E-state index contributed by atoms with van der Waals surface area (Å²) in [4.78, 5) is 15.8. The van der Waals surface area contributed by atoms with E-state index in [9.17, 15) is 18.0 Å². The van der Waals surface area contributed by atoms with Gasteiger partial charge in [0.2, 0.25) is 5.91 Å². The third-order valence-corrected chi connectivity index (χ3v) is 3.00. The predicted molar refractivity (Wildman–Crippen MR) is 81.9 cm³/mol. The molecule has 122 valence electrons. The van der Waals surface area contributed by atoms with Crippen molar-refractivity contribution in [3.05, 3.63) is 47.9 Å². The number of hydrogen-bond donors (Lipinski definition) is 2. The summed E-state index contributed by atoms with van der Waals surface area (Å²) in [7, 11) is 0. The van der Waals surface area contributed by atoms with E-state index in [1.54, 1.807) is 20.8 Å². The summed E-state index contributed by atoms with van der Waals surface area (Å²) in [6, 6.07) is 4.96. The van der Waals surface area contributed by atoms with Gasteiger partial charge < -0.3 is 10.6 Å². The van der Waals surface area contributed by atoms with Crippen LogP contribution in [0, 0.1) is 22.9 Å². The van der Waals surface area contributed by atoms with Crippen LogP contribution >= 0.6 is 0 Å². The van der Waals surface area contributed by atoms with E-state index in [-0.39, 0.29) is 11.6 Å². The Kier molecular flexibility index (Phi) is 4.58. The van der Waals surface area contributed by atoms with Gasteiger partial charge in [0.25, 0.3) is 0 Å². The number of anilines is 3. The Morgan fingerprint density at radius 1 is 1.04 bits per heavy atom. The fourth-order valence-electron chi connectivity index (χ4n) is 1.62. The third kappa shape index (κ3) is 4.00. The monoisotopic (exact) mass is 323 g/mol. The molecule has 0 spiro atoms. The lowest BCUT2D eigenvalue weighted by Crippen LogP contribution is -2.27. The molecule has 0 unspecified atom stereocenters. The molecular weight excluding hydrogens is 307 g/mol. The number of carbonyl (C=O) groups excluding carboxylic acids is 1. The average molecular weight is 323 g/mol. The van der Waals surface area contributed by atoms with Gasteiger partial charge in [0.1, 0.15) is 5.82 Å². The number of rotatable bonds is 3. The van der Waals surface area contributed by atoms with Crippen LogP contribution < -0.4 is 10.6 Å². The Morgan fingerprint density at radius 3 is 2.30 bits per heavy atom. The maximum atomic E-state index is 13.6. The zero-order valence-electron chi connectivity index (χ0n) is 12.9. The van der Waals surface area contributed by atoms with Crippen LogP contribution in [0.4, 0.5) is 30.4 Å². The van der Waals surface area contributed by atoms with Gasteiger partial charge in [-0.1, -0.05) is 20.8 Å². The summed E-state index contributed by atoms with van der Waals surface area (Å²) in [5, 5.41) is 5.23. The van der Waals surface area contributed by atoms with E-state index < -0.39 is 22.9 Å². The van der Waals surface area contributed by atoms with Gasteiger partial charge in [-0.25, -0.2) is 18.2 Å². The van der Waals surface area contributed by atoms with Crippen molar-refractivity contribution < 1.29 is 18.0 Å². The quantitative estimate of drug-likeness (QED) is 0.831. The number of hydrogen-bond acceptors (Lipinski definition) is 3. The molecule has 0 bridgehead atoms.